The summed E-state index contributed by atoms with van der Waals surface area (Å²) in [6.07, 6.45) is 0. The molecule has 0 spiro atoms. The molecule has 0 saturated heterocycles. The topological polar surface area (TPSA) is 3.24 Å². The Morgan fingerprint density at radius 2 is 0.638 bits per heavy atom. The maximum absolute atomic E-state index is 2.45. The van der Waals surface area contributed by atoms with Crippen LogP contribution in [0.3, 0.4) is 0 Å². The van der Waals surface area contributed by atoms with Crippen LogP contribution in [0, 0.1) is 0 Å². The van der Waals surface area contributed by atoms with Crippen LogP contribution >= 0.6 is 0 Å². The largest absolute Gasteiger partial charge is 0.310 e. The molecule has 0 atom stereocenters. The van der Waals surface area contributed by atoms with E-state index >= 15 is 0 Å². The number of nitrogens with zero attached hydrogens (tertiary/aromatic N) is 1. The van der Waals surface area contributed by atoms with Gasteiger partial charge in [-0.2, -0.15) is 0 Å². The molecule has 13 aromatic carbocycles. The number of rotatable bonds is 8. The summed E-state index contributed by atoms with van der Waals surface area (Å²) in [4.78, 5) is 2.45. The van der Waals surface area contributed by atoms with Crippen LogP contribution in [0.5, 0.6) is 0 Å². The smallest absolute Gasteiger partial charge is 0.0546 e. The summed E-state index contributed by atoms with van der Waals surface area (Å²) >= 11 is 0. The lowest BCUT2D eigenvalue weighted by atomic mass is 9.84. The van der Waals surface area contributed by atoms with Crippen LogP contribution in [0.4, 0.5) is 17.1 Å². The number of anilines is 3. The number of benzene rings is 13. The van der Waals surface area contributed by atoms with Gasteiger partial charge in [0.1, 0.15) is 0 Å². The van der Waals surface area contributed by atoms with Crippen molar-refractivity contribution < 1.29 is 0 Å². The van der Waals surface area contributed by atoms with Crippen molar-refractivity contribution in [3.05, 3.63) is 273 Å². The minimum Gasteiger partial charge on any atom is -0.310 e. The predicted molar refractivity (Wildman–Crippen MR) is 296 cm³/mol. The zero-order valence-electron chi connectivity index (χ0n) is 37.9. The highest BCUT2D eigenvalue weighted by Crippen LogP contribution is 2.47. The molecule has 0 unspecified atom stereocenters. The van der Waals surface area contributed by atoms with Gasteiger partial charge >= 0.3 is 0 Å². The highest BCUT2D eigenvalue weighted by Gasteiger charge is 2.21. The third-order valence-corrected chi connectivity index (χ3v) is 14.0. The van der Waals surface area contributed by atoms with Crippen LogP contribution in [-0.4, -0.2) is 0 Å². The summed E-state index contributed by atoms with van der Waals surface area (Å²) < 4.78 is 0. The average molecular weight is 876 g/mol. The van der Waals surface area contributed by atoms with Gasteiger partial charge < -0.3 is 4.90 Å². The summed E-state index contributed by atoms with van der Waals surface area (Å²) in [6.45, 7) is 0. The van der Waals surface area contributed by atoms with Crippen molar-refractivity contribution in [3.8, 4) is 55.6 Å². The van der Waals surface area contributed by atoms with E-state index in [0.29, 0.717) is 0 Å². The van der Waals surface area contributed by atoms with Crippen LogP contribution in [0.15, 0.2) is 273 Å². The van der Waals surface area contributed by atoms with E-state index in [4.69, 9.17) is 0 Å². The summed E-state index contributed by atoms with van der Waals surface area (Å²) in [5.74, 6) is 0. The van der Waals surface area contributed by atoms with Crippen molar-refractivity contribution in [3.63, 3.8) is 0 Å². The molecule has 0 N–H and O–H groups in total. The minimum atomic E-state index is 1.09. The minimum absolute atomic E-state index is 1.09. The fourth-order valence-electron chi connectivity index (χ4n) is 10.7. The van der Waals surface area contributed by atoms with E-state index in [0.717, 1.165) is 22.6 Å². The molecule has 1 nitrogen and oxygen atoms in total. The Hall–Kier alpha value is -9.04. The van der Waals surface area contributed by atoms with E-state index in [2.05, 4.69) is 278 Å². The quantitative estimate of drug-likeness (QED) is 0.138. The van der Waals surface area contributed by atoms with E-state index in [1.54, 1.807) is 0 Å². The van der Waals surface area contributed by atoms with Gasteiger partial charge in [0.05, 0.1) is 5.69 Å². The maximum atomic E-state index is 2.45. The second-order valence-electron chi connectivity index (χ2n) is 18.0. The Balaban J connectivity index is 0.956. The van der Waals surface area contributed by atoms with Crippen LogP contribution in [0.2, 0.25) is 0 Å². The van der Waals surface area contributed by atoms with Gasteiger partial charge in [0, 0.05) is 16.8 Å². The summed E-state index contributed by atoms with van der Waals surface area (Å²) in [6, 6.07) is 100. The SMILES string of the molecule is c1ccc(-c2c(-c3ccccc3)c3cc(-c4cccc(N(c5ccc(-c6ccc(-c7ccc8ccccc8c7)cc6)cc5)c5cc6ccccc6c6ccccc56)c4)ccc3c3ccccc23)cc1. The lowest BCUT2D eigenvalue weighted by Gasteiger charge is -2.28. The molecule has 0 saturated carbocycles. The van der Waals surface area contributed by atoms with Gasteiger partial charge in [-0.3, -0.25) is 0 Å². The van der Waals surface area contributed by atoms with Crippen molar-refractivity contribution in [1.29, 1.82) is 0 Å². The van der Waals surface area contributed by atoms with Crippen molar-refractivity contribution in [2.45, 2.75) is 0 Å². The van der Waals surface area contributed by atoms with Crippen molar-refractivity contribution in [1.82, 2.24) is 0 Å². The monoisotopic (exact) mass is 875 g/mol. The first-order valence-electron chi connectivity index (χ1n) is 23.8. The van der Waals surface area contributed by atoms with Crippen molar-refractivity contribution in [2.24, 2.45) is 0 Å². The Morgan fingerprint density at radius 1 is 0.188 bits per heavy atom. The highest BCUT2D eigenvalue weighted by atomic mass is 15.1. The molecule has 0 amide bonds. The van der Waals surface area contributed by atoms with Gasteiger partial charge in [-0.15, -0.1) is 0 Å². The lowest BCUT2D eigenvalue weighted by molar-refractivity contribution is 1.30. The molecule has 13 aromatic rings. The van der Waals surface area contributed by atoms with Crippen LogP contribution in [0.1, 0.15) is 0 Å². The van der Waals surface area contributed by atoms with Gasteiger partial charge in [0.15, 0.2) is 0 Å². The summed E-state index contributed by atoms with van der Waals surface area (Å²) in [7, 11) is 0. The number of fused-ring (bicyclic) bond motifs is 7. The fourth-order valence-corrected chi connectivity index (χ4v) is 10.7. The van der Waals surface area contributed by atoms with Crippen LogP contribution in [-0.2, 0) is 0 Å². The molecule has 0 aromatic heterocycles. The molecule has 322 valence electrons. The van der Waals surface area contributed by atoms with E-state index in [-0.39, 0.29) is 0 Å². The molecule has 69 heavy (non-hydrogen) atoms. The van der Waals surface area contributed by atoms with E-state index in [1.807, 2.05) is 0 Å². The van der Waals surface area contributed by atoms with E-state index < -0.39 is 0 Å². The van der Waals surface area contributed by atoms with Gasteiger partial charge in [-0.1, -0.05) is 231 Å². The molecule has 0 heterocycles. The molecule has 0 aliphatic heterocycles. The molecule has 0 radical (unpaired) electrons. The van der Waals surface area contributed by atoms with Gasteiger partial charge in [-0.05, 0) is 147 Å². The molecule has 0 bridgehead atoms. The third-order valence-electron chi connectivity index (χ3n) is 14.0. The van der Waals surface area contributed by atoms with Crippen LogP contribution < -0.4 is 4.90 Å². The first-order valence-corrected chi connectivity index (χ1v) is 23.8. The molecule has 0 aliphatic carbocycles. The third kappa shape index (κ3) is 7.20. The Labute approximate surface area is 402 Å². The normalized spacial score (nSPS) is 11.5. The Kier molecular flexibility index (Phi) is 9.91. The average Bonchev–Trinajstić information content (AvgIpc) is 3.43. The molecule has 1 heteroatoms. The Bertz CT molecular complexity index is 4040. The van der Waals surface area contributed by atoms with E-state index in [9.17, 15) is 0 Å². The van der Waals surface area contributed by atoms with Gasteiger partial charge in [-0.25, -0.2) is 0 Å². The molecular weight excluding hydrogens is 831 g/mol. The standard InChI is InChI=1S/C68H45N/c1-3-17-50(18-4-1)67-64-29-14-12-27-61(64)62-41-38-55(44-65(62)68(67)51-19-5-2-6-20-51)53-23-15-24-58(43-53)69(66-45-56-22-9-10-25-59(56)60-26-11-13-28-63(60)66)57-39-36-48(37-40-57)47-30-32-49(33-31-47)54-35-34-46-16-7-8-21-52(46)42-54/h1-45H. The Morgan fingerprint density at radius 3 is 1.33 bits per heavy atom. The second kappa shape index (κ2) is 17.0. The predicted octanol–water partition coefficient (Wildman–Crippen LogP) is 19.3. The summed E-state index contributed by atoms with van der Waals surface area (Å²) in [5.41, 5.74) is 15.4. The zero-order valence-corrected chi connectivity index (χ0v) is 37.9. The highest BCUT2D eigenvalue weighted by molar-refractivity contribution is 6.22. The number of hydrogen-bond acceptors (Lipinski definition) is 1. The lowest BCUT2D eigenvalue weighted by Crippen LogP contribution is -2.10. The molecule has 13 rings (SSSR count). The van der Waals surface area contributed by atoms with Gasteiger partial charge in [0.2, 0.25) is 0 Å². The first-order chi connectivity index (χ1) is 34.2. The van der Waals surface area contributed by atoms with Crippen molar-refractivity contribution in [2.75, 3.05) is 4.90 Å². The molecule has 0 fully saturated rings. The first kappa shape index (κ1) is 40.3. The zero-order chi connectivity index (χ0) is 45.7. The summed E-state index contributed by atoms with van der Waals surface area (Å²) in [5, 5.41) is 12.4. The van der Waals surface area contributed by atoms with E-state index in [1.165, 1.54) is 104 Å². The van der Waals surface area contributed by atoms with Crippen molar-refractivity contribution >= 4 is 70.9 Å². The van der Waals surface area contributed by atoms with Crippen LogP contribution in [0.25, 0.3) is 109 Å². The fraction of sp³-hybridized carbons (Fsp3) is 0. The molecule has 0 aliphatic rings. The second-order valence-corrected chi connectivity index (χ2v) is 18.0. The van der Waals surface area contributed by atoms with Gasteiger partial charge in [0.25, 0.3) is 0 Å². The number of hydrogen-bond donors (Lipinski definition) is 0. The molecular formula is C68H45N. The maximum Gasteiger partial charge on any atom is 0.0546 e.